The third-order valence-corrected chi connectivity index (χ3v) is 5.84. The predicted molar refractivity (Wildman–Crippen MR) is 121 cm³/mol. The Kier molecular flexibility index (Phi) is 5.47. The minimum atomic E-state index is -0.930. The van der Waals surface area contributed by atoms with Gasteiger partial charge in [0.25, 0.3) is 5.91 Å². The Labute approximate surface area is 186 Å². The third-order valence-electron chi connectivity index (χ3n) is 5.58. The van der Waals surface area contributed by atoms with Crippen LogP contribution in [0.25, 0.3) is 16.7 Å². The molecule has 162 valence electrons. The molecule has 1 N–H and O–H groups in total. The number of benzene rings is 1. The lowest BCUT2D eigenvalue weighted by molar-refractivity contribution is -0.133. The molecule has 0 bridgehead atoms. The van der Waals surface area contributed by atoms with Crippen LogP contribution in [0.1, 0.15) is 43.9 Å². The average molecular weight is 440 g/mol. The number of carbonyl (C=O) groups is 2. The van der Waals surface area contributed by atoms with Gasteiger partial charge in [0.2, 0.25) is 5.91 Å². The van der Waals surface area contributed by atoms with Gasteiger partial charge in [-0.15, -0.1) is 0 Å². The Morgan fingerprint density at radius 1 is 1.19 bits per heavy atom. The second-order valence-electron chi connectivity index (χ2n) is 8.77. The first kappa shape index (κ1) is 21.3. The molecule has 2 aromatic heterocycles. The van der Waals surface area contributed by atoms with Crippen molar-refractivity contribution in [2.24, 2.45) is 5.92 Å². The Bertz CT molecular complexity index is 1150. The van der Waals surface area contributed by atoms with Crippen molar-refractivity contribution in [3.63, 3.8) is 0 Å². The molecule has 0 spiro atoms. The summed E-state index contributed by atoms with van der Waals surface area (Å²) in [6, 6.07) is 11.0. The lowest BCUT2D eigenvalue weighted by Gasteiger charge is -2.40. The van der Waals surface area contributed by atoms with Gasteiger partial charge >= 0.3 is 0 Å². The van der Waals surface area contributed by atoms with Crippen molar-refractivity contribution < 1.29 is 9.59 Å². The fraction of sp³-hybridized carbons (Fsp3) is 0.391. The van der Waals surface area contributed by atoms with Gasteiger partial charge in [-0.25, -0.2) is 9.67 Å². The normalized spacial score (nSPS) is 16.1. The maximum Gasteiger partial charge on any atom is 0.273 e. The van der Waals surface area contributed by atoms with E-state index in [1.54, 1.807) is 24.8 Å². The summed E-state index contributed by atoms with van der Waals surface area (Å²) in [4.78, 5) is 31.9. The molecule has 0 atom stereocenters. The van der Waals surface area contributed by atoms with Crippen molar-refractivity contribution in [3.8, 4) is 5.69 Å². The highest BCUT2D eigenvalue weighted by Crippen LogP contribution is 2.26. The standard InChI is InChI=1S/C23H26ClN5O2/c1-14(2)13-18-20-19(29(27-18)16-7-5-15(24)6-8-16)10-9-17(26-20)21(30)28-12-11-25-22(31)23(28,3)4/h5-10,14H,11-13H2,1-4H3,(H,25,31). The lowest BCUT2D eigenvalue weighted by atomic mass is 9.98. The van der Waals surface area contributed by atoms with Crippen LogP contribution in [0.15, 0.2) is 36.4 Å². The number of halogens is 1. The van der Waals surface area contributed by atoms with E-state index in [1.807, 2.05) is 35.0 Å². The molecule has 1 saturated heterocycles. The van der Waals surface area contributed by atoms with Crippen molar-refractivity contribution in [2.75, 3.05) is 13.1 Å². The Morgan fingerprint density at radius 3 is 2.58 bits per heavy atom. The summed E-state index contributed by atoms with van der Waals surface area (Å²) in [5, 5.41) is 8.28. The molecule has 2 amide bonds. The first-order valence-corrected chi connectivity index (χ1v) is 10.8. The maximum absolute atomic E-state index is 13.3. The quantitative estimate of drug-likeness (QED) is 0.673. The summed E-state index contributed by atoms with van der Waals surface area (Å²) in [6.07, 6.45) is 0.735. The molecule has 4 rings (SSSR count). The molecular formula is C23H26ClN5O2. The van der Waals surface area contributed by atoms with Crippen LogP contribution in [0.5, 0.6) is 0 Å². The number of piperazine rings is 1. The number of aromatic nitrogens is 3. The molecule has 7 nitrogen and oxygen atoms in total. The average Bonchev–Trinajstić information content (AvgIpc) is 3.07. The number of carbonyl (C=O) groups excluding carboxylic acids is 2. The van der Waals surface area contributed by atoms with Gasteiger partial charge in [-0.1, -0.05) is 25.4 Å². The zero-order valence-corrected chi connectivity index (χ0v) is 18.9. The third kappa shape index (κ3) is 3.90. The number of nitrogens with zero attached hydrogens (tertiary/aromatic N) is 4. The van der Waals surface area contributed by atoms with Crippen LogP contribution in [0.3, 0.4) is 0 Å². The molecule has 3 heterocycles. The van der Waals surface area contributed by atoms with Crippen LogP contribution in [-0.2, 0) is 11.2 Å². The highest BCUT2D eigenvalue weighted by atomic mass is 35.5. The van der Waals surface area contributed by atoms with E-state index in [-0.39, 0.29) is 11.8 Å². The number of hydrogen-bond donors (Lipinski definition) is 1. The van der Waals surface area contributed by atoms with E-state index >= 15 is 0 Å². The van der Waals surface area contributed by atoms with Crippen molar-refractivity contribution in [3.05, 3.63) is 52.8 Å². The summed E-state index contributed by atoms with van der Waals surface area (Å²) in [5.41, 5.74) is 2.62. The highest BCUT2D eigenvalue weighted by molar-refractivity contribution is 6.30. The Hall–Kier alpha value is -2.93. The molecule has 1 aliphatic rings. The first-order chi connectivity index (χ1) is 14.7. The van der Waals surface area contributed by atoms with Gasteiger partial charge in [0.05, 0.1) is 16.9 Å². The van der Waals surface area contributed by atoms with E-state index in [0.717, 1.165) is 23.3 Å². The largest absolute Gasteiger partial charge is 0.352 e. The molecular weight excluding hydrogens is 414 g/mol. The summed E-state index contributed by atoms with van der Waals surface area (Å²) >= 11 is 6.04. The zero-order valence-electron chi connectivity index (χ0n) is 18.1. The van der Waals surface area contributed by atoms with Gasteiger partial charge in [-0.3, -0.25) is 9.59 Å². The predicted octanol–water partition coefficient (Wildman–Crippen LogP) is 3.62. The fourth-order valence-electron chi connectivity index (χ4n) is 3.87. The smallest absolute Gasteiger partial charge is 0.273 e. The molecule has 3 aromatic rings. The summed E-state index contributed by atoms with van der Waals surface area (Å²) < 4.78 is 1.84. The Balaban J connectivity index is 1.80. The number of pyridine rings is 1. The summed E-state index contributed by atoms with van der Waals surface area (Å²) in [7, 11) is 0. The van der Waals surface area contributed by atoms with E-state index < -0.39 is 5.54 Å². The molecule has 0 saturated carbocycles. The number of fused-ring (bicyclic) bond motifs is 1. The fourth-order valence-corrected chi connectivity index (χ4v) is 4.00. The van der Waals surface area contributed by atoms with Crippen molar-refractivity contribution in [1.82, 2.24) is 25.0 Å². The van der Waals surface area contributed by atoms with E-state index in [9.17, 15) is 9.59 Å². The van der Waals surface area contributed by atoms with Gasteiger partial charge in [0.1, 0.15) is 16.7 Å². The monoisotopic (exact) mass is 439 g/mol. The van der Waals surface area contributed by atoms with E-state index in [0.29, 0.717) is 35.2 Å². The van der Waals surface area contributed by atoms with Gasteiger partial charge in [0, 0.05) is 18.1 Å². The zero-order chi connectivity index (χ0) is 22.3. The minimum absolute atomic E-state index is 0.163. The summed E-state index contributed by atoms with van der Waals surface area (Å²) in [6.45, 7) is 8.62. The molecule has 8 heteroatoms. The highest BCUT2D eigenvalue weighted by Gasteiger charge is 2.41. The van der Waals surface area contributed by atoms with Crippen LogP contribution >= 0.6 is 11.6 Å². The second-order valence-corrected chi connectivity index (χ2v) is 9.21. The topological polar surface area (TPSA) is 80.1 Å². The van der Waals surface area contributed by atoms with Crippen LogP contribution in [-0.4, -0.2) is 50.1 Å². The van der Waals surface area contributed by atoms with Crippen LogP contribution in [0, 0.1) is 5.92 Å². The molecule has 1 fully saturated rings. The van der Waals surface area contributed by atoms with Gasteiger partial charge in [-0.2, -0.15) is 5.10 Å². The minimum Gasteiger partial charge on any atom is -0.352 e. The first-order valence-electron chi connectivity index (χ1n) is 10.4. The van der Waals surface area contributed by atoms with Gasteiger partial charge in [-0.05, 0) is 62.6 Å². The second kappa shape index (κ2) is 7.96. The van der Waals surface area contributed by atoms with Crippen LogP contribution < -0.4 is 5.32 Å². The number of nitrogens with one attached hydrogen (secondary N) is 1. The maximum atomic E-state index is 13.3. The molecule has 31 heavy (non-hydrogen) atoms. The molecule has 1 aromatic carbocycles. The lowest BCUT2D eigenvalue weighted by Crippen LogP contribution is -2.63. The van der Waals surface area contributed by atoms with E-state index in [2.05, 4.69) is 19.2 Å². The van der Waals surface area contributed by atoms with E-state index in [1.165, 1.54) is 0 Å². The molecule has 0 unspecified atom stereocenters. The van der Waals surface area contributed by atoms with Crippen LogP contribution in [0.2, 0.25) is 5.02 Å². The molecule has 1 aliphatic heterocycles. The van der Waals surface area contributed by atoms with Crippen molar-refractivity contribution >= 4 is 34.4 Å². The SMILES string of the molecule is CC(C)Cc1nn(-c2ccc(Cl)cc2)c2ccc(C(=O)N3CCNC(=O)C3(C)C)nc12. The van der Waals surface area contributed by atoms with Crippen LogP contribution in [0.4, 0.5) is 0 Å². The van der Waals surface area contributed by atoms with E-state index in [4.69, 9.17) is 21.7 Å². The molecule has 0 aliphatic carbocycles. The van der Waals surface area contributed by atoms with Gasteiger partial charge in [0.15, 0.2) is 0 Å². The number of rotatable bonds is 4. The number of hydrogen-bond acceptors (Lipinski definition) is 4. The van der Waals surface area contributed by atoms with Crippen molar-refractivity contribution in [1.29, 1.82) is 0 Å². The van der Waals surface area contributed by atoms with Gasteiger partial charge < -0.3 is 10.2 Å². The number of amides is 2. The van der Waals surface area contributed by atoms with Crippen molar-refractivity contribution in [2.45, 2.75) is 39.7 Å². The summed E-state index contributed by atoms with van der Waals surface area (Å²) in [5.74, 6) is -0.0385. The molecule has 0 radical (unpaired) electrons. The Morgan fingerprint density at radius 2 is 1.90 bits per heavy atom.